The quantitative estimate of drug-likeness (QED) is 0.606. The Kier molecular flexibility index (Phi) is 5.80. The van der Waals surface area contributed by atoms with Crippen LogP contribution in [0, 0.1) is 0 Å². The molecule has 1 heterocycles. The summed E-state index contributed by atoms with van der Waals surface area (Å²) in [5, 5.41) is 18.9. The summed E-state index contributed by atoms with van der Waals surface area (Å²) in [5.41, 5.74) is -1.78. The second-order valence-corrected chi connectivity index (χ2v) is 6.20. The highest BCUT2D eigenvalue weighted by atomic mass is 32.2. The van der Waals surface area contributed by atoms with E-state index in [-0.39, 0.29) is 17.7 Å². The monoisotopic (exact) mass is 331 g/mol. The topological polar surface area (TPSA) is 131 Å². The molecule has 9 nitrogen and oxygen atoms in total. The number of carboxylic acid groups (broad SMARTS) is 1. The molecule has 0 aromatic carbocycles. The molecule has 0 spiro atoms. The summed E-state index contributed by atoms with van der Waals surface area (Å²) in [4.78, 5) is 38.3. The Bertz CT molecular complexity index is 748. The van der Waals surface area contributed by atoms with Gasteiger partial charge in [0.2, 0.25) is 5.88 Å². The number of nitrogens with zero attached hydrogens (tertiary/aromatic N) is 3. The standard InChI is InChI=1S/C12H17N3O6S/c1-14-9(16)7(10(17)15(2)12(14)20)6-13-8(11(18)19)4-5-22(3)21/h6,8,16H,4-5H2,1-3H3,(H,18,19). The number of aliphatic imine (C=N–C) groups is 1. The number of aliphatic carboxylic acids is 1. The van der Waals surface area contributed by atoms with Crippen LogP contribution in [-0.2, 0) is 29.7 Å². The molecule has 1 aromatic rings. The molecule has 0 radical (unpaired) electrons. The summed E-state index contributed by atoms with van der Waals surface area (Å²) in [7, 11) is 1.33. The molecule has 1 rings (SSSR count). The Morgan fingerprint density at radius 3 is 2.45 bits per heavy atom. The lowest BCUT2D eigenvalue weighted by Gasteiger charge is -2.09. The van der Waals surface area contributed by atoms with Crippen molar-refractivity contribution >= 4 is 23.0 Å². The van der Waals surface area contributed by atoms with Crippen molar-refractivity contribution in [2.24, 2.45) is 19.1 Å². The molecule has 2 N–H and O–H groups in total. The highest BCUT2D eigenvalue weighted by Gasteiger charge is 2.18. The first-order chi connectivity index (χ1) is 10.2. The van der Waals surface area contributed by atoms with Crippen LogP contribution >= 0.6 is 0 Å². The third-order valence-corrected chi connectivity index (χ3v) is 3.83. The number of aromatic nitrogens is 2. The molecule has 2 atom stereocenters. The summed E-state index contributed by atoms with van der Waals surface area (Å²) >= 11 is 0. The van der Waals surface area contributed by atoms with Gasteiger partial charge >= 0.3 is 11.7 Å². The van der Waals surface area contributed by atoms with E-state index in [0.29, 0.717) is 0 Å². The Hall–Kier alpha value is -2.23. The predicted molar refractivity (Wildman–Crippen MR) is 81.2 cm³/mol. The van der Waals surface area contributed by atoms with Crippen LogP contribution in [-0.4, -0.2) is 53.8 Å². The predicted octanol–water partition coefficient (Wildman–Crippen LogP) is -1.57. The zero-order valence-corrected chi connectivity index (χ0v) is 13.2. The molecule has 0 amide bonds. The maximum absolute atomic E-state index is 11.9. The van der Waals surface area contributed by atoms with Gasteiger partial charge in [-0.15, -0.1) is 0 Å². The SMILES string of the molecule is Cn1c(O)c(C=NC(CCS(C)=O)C(=O)O)c(=O)n(C)c1=O. The minimum absolute atomic E-state index is 0.0295. The van der Waals surface area contributed by atoms with Crippen molar-refractivity contribution in [1.82, 2.24) is 9.13 Å². The van der Waals surface area contributed by atoms with Crippen LogP contribution in [0.5, 0.6) is 5.88 Å². The van der Waals surface area contributed by atoms with Gasteiger partial charge in [-0.05, 0) is 6.42 Å². The van der Waals surface area contributed by atoms with Crippen LogP contribution in [0.1, 0.15) is 12.0 Å². The lowest BCUT2D eigenvalue weighted by atomic mass is 10.2. The first-order valence-electron chi connectivity index (χ1n) is 6.21. The second kappa shape index (κ2) is 7.16. The van der Waals surface area contributed by atoms with Crippen LogP contribution in [0.15, 0.2) is 14.6 Å². The van der Waals surface area contributed by atoms with Crippen molar-refractivity contribution in [3.63, 3.8) is 0 Å². The van der Waals surface area contributed by atoms with Gasteiger partial charge in [-0.1, -0.05) is 0 Å². The smallest absolute Gasteiger partial charge is 0.333 e. The van der Waals surface area contributed by atoms with Crippen LogP contribution in [0.3, 0.4) is 0 Å². The average Bonchev–Trinajstić information content (AvgIpc) is 2.45. The molecule has 10 heteroatoms. The molecule has 1 aromatic heterocycles. The van der Waals surface area contributed by atoms with E-state index in [0.717, 1.165) is 15.3 Å². The van der Waals surface area contributed by atoms with Crippen molar-refractivity contribution in [2.75, 3.05) is 12.0 Å². The Morgan fingerprint density at radius 2 is 1.95 bits per heavy atom. The zero-order valence-electron chi connectivity index (χ0n) is 12.3. The van der Waals surface area contributed by atoms with Crippen LogP contribution in [0.4, 0.5) is 0 Å². The van der Waals surface area contributed by atoms with Gasteiger partial charge in [0.05, 0.1) is 0 Å². The van der Waals surface area contributed by atoms with E-state index in [1.165, 1.54) is 20.4 Å². The Morgan fingerprint density at radius 1 is 1.36 bits per heavy atom. The van der Waals surface area contributed by atoms with Gasteiger partial charge in [-0.2, -0.15) is 0 Å². The number of hydrogen-bond donors (Lipinski definition) is 2. The molecule has 0 bridgehead atoms. The second-order valence-electron chi connectivity index (χ2n) is 4.64. The fourth-order valence-electron chi connectivity index (χ4n) is 1.68. The number of carboxylic acids is 1. The van der Waals surface area contributed by atoms with E-state index < -0.39 is 39.9 Å². The molecular formula is C12H17N3O6S. The largest absolute Gasteiger partial charge is 0.494 e. The first-order valence-corrected chi connectivity index (χ1v) is 7.94. The van der Waals surface area contributed by atoms with Crippen molar-refractivity contribution in [1.29, 1.82) is 0 Å². The Balaban J connectivity index is 3.22. The third-order valence-electron chi connectivity index (χ3n) is 3.01. The number of hydrogen-bond acceptors (Lipinski definition) is 6. The van der Waals surface area contributed by atoms with Crippen LogP contribution < -0.4 is 11.2 Å². The molecule has 0 aliphatic rings. The van der Waals surface area contributed by atoms with Crippen molar-refractivity contribution in [2.45, 2.75) is 12.5 Å². The maximum Gasteiger partial charge on any atom is 0.333 e. The normalized spacial score (nSPS) is 14.1. The molecule has 0 fully saturated rings. The van der Waals surface area contributed by atoms with Gasteiger partial charge in [-0.25, -0.2) is 9.59 Å². The minimum atomic E-state index is -1.23. The number of carbonyl (C=O) groups is 1. The third kappa shape index (κ3) is 3.91. The molecule has 122 valence electrons. The van der Waals surface area contributed by atoms with Gasteiger partial charge in [0, 0.05) is 43.1 Å². The number of rotatable bonds is 6. The van der Waals surface area contributed by atoms with Crippen molar-refractivity contribution in [3.05, 3.63) is 26.4 Å². The molecule has 0 aliphatic heterocycles. The molecule has 0 aliphatic carbocycles. The van der Waals surface area contributed by atoms with E-state index in [2.05, 4.69) is 4.99 Å². The summed E-state index contributed by atoms with van der Waals surface area (Å²) in [6.45, 7) is 0. The highest BCUT2D eigenvalue weighted by Crippen LogP contribution is 2.07. The minimum Gasteiger partial charge on any atom is -0.494 e. The van der Waals surface area contributed by atoms with Crippen LogP contribution in [0.2, 0.25) is 0 Å². The van der Waals surface area contributed by atoms with Crippen molar-refractivity contribution < 1.29 is 19.2 Å². The van der Waals surface area contributed by atoms with E-state index in [1.54, 1.807) is 0 Å². The summed E-state index contributed by atoms with van der Waals surface area (Å²) in [5.74, 6) is -1.69. The maximum atomic E-state index is 11.9. The van der Waals surface area contributed by atoms with Gasteiger partial charge in [0.25, 0.3) is 5.56 Å². The average molecular weight is 331 g/mol. The Labute approximate surface area is 128 Å². The first kappa shape index (κ1) is 17.8. The summed E-state index contributed by atoms with van der Waals surface area (Å²) in [6.07, 6.45) is 2.40. The van der Waals surface area contributed by atoms with E-state index in [4.69, 9.17) is 5.11 Å². The highest BCUT2D eigenvalue weighted by molar-refractivity contribution is 7.84. The molecule has 0 saturated heterocycles. The molecule has 2 unspecified atom stereocenters. The van der Waals surface area contributed by atoms with Gasteiger partial charge in [0.1, 0.15) is 11.6 Å². The van der Waals surface area contributed by atoms with Crippen molar-refractivity contribution in [3.8, 4) is 5.88 Å². The fourth-order valence-corrected chi connectivity index (χ4v) is 2.23. The summed E-state index contributed by atoms with van der Waals surface area (Å²) < 4.78 is 12.6. The molecule has 0 saturated carbocycles. The fraction of sp³-hybridized carbons (Fsp3) is 0.500. The van der Waals surface area contributed by atoms with Gasteiger partial charge < -0.3 is 10.2 Å². The number of aromatic hydroxyl groups is 1. The van der Waals surface area contributed by atoms with E-state index >= 15 is 0 Å². The van der Waals surface area contributed by atoms with E-state index in [9.17, 15) is 23.7 Å². The summed E-state index contributed by atoms with van der Waals surface area (Å²) in [6, 6.07) is -1.19. The van der Waals surface area contributed by atoms with Gasteiger partial charge in [0.15, 0.2) is 0 Å². The molecule has 22 heavy (non-hydrogen) atoms. The lowest BCUT2D eigenvalue weighted by molar-refractivity contribution is -0.138. The van der Waals surface area contributed by atoms with E-state index in [1.807, 2.05) is 0 Å². The molecular weight excluding hydrogens is 314 g/mol. The zero-order chi connectivity index (χ0) is 17.0. The van der Waals surface area contributed by atoms with Gasteiger partial charge in [-0.3, -0.25) is 23.1 Å². The van der Waals surface area contributed by atoms with Crippen LogP contribution in [0.25, 0.3) is 0 Å². The lowest BCUT2D eigenvalue weighted by Crippen LogP contribution is -2.38.